The average molecular weight is 452 g/mol. The smallest absolute Gasteiger partial charge is 0.406 e. The maximum atomic E-state index is 13.3. The molecule has 4 N–H and O–H groups in total. The zero-order valence-corrected chi connectivity index (χ0v) is 16.2. The van der Waals surface area contributed by atoms with E-state index in [0.29, 0.717) is 29.0 Å². The van der Waals surface area contributed by atoms with Crippen LogP contribution in [0.1, 0.15) is 24.4 Å². The van der Waals surface area contributed by atoms with Crippen molar-refractivity contribution < 1.29 is 46.3 Å². The zero-order valence-electron chi connectivity index (χ0n) is 15.3. The number of halogens is 4. The van der Waals surface area contributed by atoms with Crippen LogP contribution in [0.4, 0.5) is 17.6 Å². The van der Waals surface area contributed by atoms with Gasteiger partial charge in [0, 0.05) is 12.7 Å². The van der Waals surface area contributed by atoms with E-state index in [1.165, 1.54) is 36.4 Å². The molecule has 2 aromatic carbocycles. The molecule has 1 atom stereocenters. The van der Waals surface area contributed by atoms with Gasteiger partial charge in [0.1, 0.15) is 23.5 Å². The van der Waals surface area contributed by atoms with Gasteiger partial charge in [-0.15, -0.1) is 13.2 Å². The van der Waals surface area contributed by atoms with Gasteiger partial charge in [0.25, 0.3) is 0 Å². The maximum Gasteiger partial charge on any atom is 0.573 e. The lowest BCUT2D eigenvalue weighted by molar-refractivity contribution is -0.274. The number of phosphoric acid groups is 1. The number of H-pyrrole nitrogens is 1. The van der Waals surface area contributed by atoms with E-state index < -0.39 is 26.1 Å². The highest BCUT2D eigenvalue weighted by Gasteiger charge is 2.31. The van der Waals surface area contributed by atoms with Crippen molar-refractivity contribution in [3.8, 4) is 5.75 Å². The van der Waals surface area contributed by atoms with E-state index in [4.69, 9.17) is 24.0 Å². The third kappa shape index (κ3) is 7.73. The van der Waals surface area contributed by atoms with E-state index >= 15 is 0 Å². The number of aromatic nitrogens is 2. The zero-order chi connectivity index (χ0) is 22.5. The normalized spacial score (nSPS) is 12.9. The fourth-order valence-corrected chi connectivity index (χ4v) is 2.47. The van der Waals surface area contributed by atoms with Crippen LogP contribution in [0, 0.1) is 5.82 Å². The van der Waals surface area contributed by atoms with Gasteiger partial charge in [-0.3, -0.25) is 0 Å². The van der Waals surface area contributed by atoms with Gasteiger partial charge in [-0.2, -0.15) is 0 Å². The number of nitrogens with zero attached hydrogens (tertiary/aromatic N) is 1. The molecule has 30 heavy (non-hydrogen) atoms. The molecule has 0 aliphatic carbocycles. The molecule has 0 saturated carbocycles. The Bertz CT molecular complexity index is 1010. The Balaban J connectivity index is 0.000000575. The van der Waals surface area contributed by atoms with Crippen LogP contribution >= 0.6 is 7.82 Å². The Morgan fingerprint density at radius 2 is 1.73 bits per heavy atom. The Kier molecular flexibility index (Phi) is 7.56. The van der Waals surface area contributed by atoms with E-state index in [0.717, 1.165) is 0 Å². The first kappa shape index (κ1) is 23.8. The minimum atomic E-state index is -4.75. The number of alkyl halides is 3. The van der Waals surface area contributed by atoms with Crippen molar-refractivity contribution >= 4 is 18.9 Å². The lowest BCUT2D eigenvalue weighted by Gasteiger charge is -2.16. The second kappa shape index (κ2) is 9.54. The molecule has 0 spiro atoms. The average Bonchev–Trinajstić information content (AvgIpc) is 3.00. The van der Waals surface area contributed by atoms with Gasteiger partial charge in [-0.25, -0.2) is 13.9 Å². The number of imidazole rings is 1. The summed E-state index contributed by atoms with van der Waals surface area (Å²) in [6.45, 7) is 2.15. The van der Waals surface area contributed by atoms with Crippen molar-refractivity contribution in [2.75, 3.05) is 6.61 Å². The summed E-state index contributed by atoms with van der Waals surface area (Å²) in [7, 11) is -4.64. The lowest BCUT2D eigenvalue weighted by atomic mass is 10.1. The van der Waals surface area contributed by atoms with Crippen LogP contribution in [-0.2, 0) is 9.30 Å². The fourth-order valence-electron chi connectivity index (χ4n) is 2.47. The highest BCUT2D eigenvalue weighted by Crippen LogP contribution is 2.29. The summed E-state index contributed by atoms with van der Waals surface area (Å²) in [5.74, 6) is -0.294. The van der Waals surface area contributed by atoms with Crippen molar-refractivity contribution in [3.05, 3.63) is 59.7 Å². The van der Waals surface area contributed by atoms with E-state index in [-0.39, 0.29) is 5.75 Å². The minimum absolute atomic E-state index is 0.321. The molecule has 1 unspecified atom stereocenters. The van der Waals surface area contributed by atoms with E-state index in [1.54, 1.807) is 13.0 Å². The number of aromatic amines is 1. The first-order chi connectivity index (χ1) is 13.9. The maximum absolute atomic E-state index is 13.3. The van der Waals surface area contributed by atoms with Crippen LogP contribution < -0.4 is 4.74 Å². The molecule has 13 heteroatoms. The van der Waals surface area contributed by atoms with Crippen molar-refractivity contribution in [1.29, 1.82) is 0 Å². The number of nitrogens with one attached hydrogen (secondary N) is 1. The van der Waals surface area contributed by atoms with Crippen molar-refractivity contribution in [2.45, 2.75) is 19.4 Å². The van der Waals surface area contributed by atoms with Gasteiger partial charge in [0.05, 0.1) is 11.0 Å². The summed E-state index contributed by atoms with van der Waals surface area (Å²) >= 11 is 0. The van der Waals surface area contributed by atoms with Gasteiger partial charge in [0.2, 0.25) is 0 Å². The number of benzene rings is 2. The molecule has 0 fully saturated rings. The number of hydrogen-bond acceptors (Lipinski definition) is 4. The minimum Gasteiger partial charge on any atom is -0.406 e. The van der Waals surface area contributed by atoms with Crippen molar-refractivity contribution in [3.63, 3.8) is 0 Å². The van der Waals surface area contributed by atoms with Crippen LogP contribution in [0.15, 0.2) is 42.5 Å². The highest BCUT2D eigenvalue weighted by molar-refractivity contribution is 7.45. The van der Waals surface area contributed by atoms with Gasteiger partial charge in [0.15, 0.2) is 0 Å². The Labute approximate surface area is 167 Å². The molecule has 1 aromatic heterocycles. The highest BCUT2D eigenvalue weighted by atomic mass is 31.2. The molecule has 3 rings (SSSR count). The summed E-state index contributed by atoms with van der Waals surface area (Å²) in [6, 6.07) is 9.50. The van der Waals surface area contributed by atoms with Gasteiger partial charge in [-0.05, 0) is 36.8 Å². The van der Waals surface area contributed by atoms with Crippen molar-refractivity contribution in [2.24, 2.45) is 0 Å². The van der Waals surface area contributed by atoms with Crippen LogP contribution in [-0.4, -0.2) is 37.6 Å². The van der Waals surface area contributed by atoms with Crippen LogP contribution in [0.25, 0.3) is 11.0 Å². The molecule has 0 amide bonds. The first-order valence-electron chi connectivity index (χ1n) is 8.26. The molecule has 0 aliphatic heterocycles. The second-order valence-electron chi connectivity index (χ2n) is 5.75. The third-order valence-corrected chi connectivity index (χ3v) is 3.46. The predicted molar refractivity (Wildman–Crippen MR) is 96.9 cm³/mol. The molecule has 164 valence electrons. The largest absolute Gasteiger partial charge is 0.573 e. The summed E-state index contributed by atoms with van der Waals surface area (Å²) < 4.78 is 68.4. The lowest BCUT2D eigenvalue weighted by Crippen LogP contribution is -2.17. The quantitative estimate of drug-likeness (QED) is 0.343. The van der Waals surface area contributed by atoms with E-state index in [2.05, 4.69) is 14.7 Å². The first-order valence-corrected chi connectivity index (χ1v) is 9.83. The van der Waals surface area contributed by atoms with E-state index in [9.17, 15) is 17.6 Å². The Hall–Kier alpha value is -2.50. The summed E-state index contributed by atoms with van der Waals surface area (Å²) in [5.41, 5.74) is 1.67. The Morgan fingerprint density at radius 3 is 2.27 bits per heavy atom. The number of ether oxygens (including phenoxy) is 2. The molecule has 0 bridgehead atoms. The monoisotopic (exact) mass is 452 g/mol. The van der Waals surface area contributed by atoms with E-state index in [1.807, 2.05) is 0 Å². The second-order valence-corrected chi connectivity index (χ2v) is 6.78. The number of rotatable bonds is 5. The van der Waals surface area contributed by atoms with Crippen LogP contribution in [0.5, 0.6) is 5.75 Å². The molecule has 8 nitrogen and oxygen atoms in total. The molecular weight excluding hydrogens is 435 g/mol. The topological polar surface area (TPSA) is 125 Å². The standard InChI is InChI=1S/C17H14F4N2O2.H3O4P/c1-2-24-15(10-3-6-12(7-4-10)25-17(19,20)21)16-22-13-8-5-11(18)9-14(13)23-16;1-5(2,3)4/h3-9,15H,2H2,1H3,(H,22,23);(H3,1,2,3,4). The molecule has 1 heterocycles. The molecule has 0 aliphatic rings. The van der Waals surface area contributed by atoms with Crippen molar-refractivity contribution in [1.82, 2.24) is 9.97 Å². The summed E-state index contributed by atoms with van der Waals surface area (Å²) in [4.78, 5) is 28.9. The van der Waals surface area contributed by atoms with Gasteiger partial charge < -0.3 is 29.1 Å². The predicted octanol–water partition coefficient (Wildman–Crippen LogP) is 3.80. The van der Waals surface area contributed by atoms with Crippen LogP contribution in [0.2, 0.25) is 0 Å². The molecule has 0 radical (unpaired) electrons. The molecular formula is C17H17F4N2O6P. The van der Waals surface area contributed by atoms with Gasteiger partial charge in [-0.1, -0.05) is 12.1 Å². The number of fused-ring (bicyclic) bond motifs is 1. The molecule has 0 saturated heterocycles. The summed E-state index contributed by atoms with van der Waals surface area (Å²) in [6.07, 6.45) is -5.37. The van der Waals surface area contributed by atoms with Gasteiger partial charge >= 0.3 is 14.2 Å². The number of hydrogen-bond donors (Lipinski definition) is 4. The van der Waals surface area contributed by atoms with Crippen LogP contribution in [0.3, 0.4) is 0 Å². The third-order valence-electron chi connectivity index (χ3n) is 3.46. The fraction of sp³-hybridized carbons (Fsp3) is 0.235. The summed E-state index contributed by atoms with van der Waals surface area (Å²) in [5, 5.41) is 0. The molecule has 3 aromatic rings. The SMILES string of the molecule is CCOC(c1ccc(OC(F)(F)F)cc1)c1nc2cc(F)ccc2[nH]1.O=P(O)(O)O. The Morgan fingerprint density at radius 1 is 1.13 bits per heavy atom.